The summed E-state index contributed by atoms with van der Waals surface area (Å²) in [6.45, 7) is 0. The van der Waals surface area contributed by atoms with Crippen LogP contribution in [-0.2, 0) is 4.79 Å². The van der Waals surface area contributed by atoms with Crippen LogP contribution in [0.15, 0.2) is 95.9 Å². The summed E-state index contributed by atoms with van der Waals surface area (Å²) in [5.41, 5.74) is 2.47. The van der Waals surface area contributed by atoms with Crippen molar-refractivity contribution in [2.45, 2.75) is 16.9 Å². The highest BCUT2D eigenvalue weighted by atomic mass is 32.2. The molecule has 0 saturated carbocycles. The number of thioether (sulfide) groups is 1. The van der Waals surface area contributed by atoms with E-state index >= 15 is 0 Å². The molecule has 4 aromatic rings. The molecule has 204 valence electrons. The van der Waals surface area contributed by atoms with Crippen LogP contribution in [0.1, 0.15) is 33.4 Å². The number of carbonyl (C=O) groups is 2. The summed E-state index contributed by atoms with van der Waals surface area (Å²) in [6, 6.07) is 27.5. The normalized spacial score (nSPS) is 16.2. The van der Waals surface area contributed by atoms with E-state index in [0.29, 0.717) is 34.1 Å². The summed E-state index contributed by atoms with van der Waals surface area (Å²) in [7, 11) is 4.78. The van der Waals surface area contributed by atoms with Crippen molar-refractivity contribution in [3.63, 3.8) is 0 Å². The van der Waals surface area contributed by atoms with Crippen LogP contribution in [0.3, 0.4) is 0 Å². The third-order valence-corrected chi connectivity index (χ3v) is 7.76. The number of methoxy groups -OCH3 is 2. The molecule has 5 rings (SSSR count). The molecule has 1 N–H and O–H groups in total. The Balaban J connectivity index is 1.51. The van der Waals surface area contributed by atoms with Crippen molar-refractivity contribution in [1.29, 1.82) is 0 Å². The smallest absolute Gasteiger partial charge is 0.254 e. The Bertz CT molecular complexity index is 1510. The van der Waals surface area contributed by atoms with E-state index in [4.69, 9.17) is 14.2 Å². The minimum absolute atomic E-state index is 0.193. The third kappa shape index (κ3) is 5.35. The molecule has 8 heteroatoms. The van der Waals surface area contributed by atoms with Crippen molar-refractivity contribution in [3.05, 3.63) is 108 Å². The highest BCUT2D eigenvalue weighted by Gasteiger charge is 2.43. The zero-order valence-electron chi connectivity index (χ0n) is 22.7. The van der Waals surface area contributed by atoms with Gasteiger partial charge in [0.05, 0.1) is 26.2 Å². The molecule has 7 nitrogen and oxygen atoms in total. The van der Waals surface area contributed by atoms with Gasteiger partial charge in [-0.3, -0.25) is 9.59 Å². The summed E-state index contributed by atoms with van der Waals surface area (Å²) in [4.78, 5) is 30.4. The molecule has 2 atom stereocenters. The van der Waals surface area contributed by atoms with E-state index in [-0.39, 0.29) is 11.8 Å². The first-order valence-electron chi connectivity index (χ1n) is 12.7. The number of ether oxygens (including phenoxy) is 3. The summed E-state index contributed by atoms with van der Waals surface area (Å²) in [5.74, 6) is 1.11. The topological polar surface area (TPSA) is 77.1 Å². The van der Waals surface area contributed by atoms with Gasteiger partial charge in [0.25, 0.3) is 5.91 Å². The van der Waals surface area contributed by atoms with Gasteiger partial charge in [-0.2, -0.15) is 0 Å². The minimum Gasteiger partial charge on any atom is -0.493 e. The number of anilines is 1. The van der Waals surface area contributed by atoms with E-state index in [1.165, 1.54) is 14.2 Å². The average molecular weight is 555 g/mol. The predicted molar refractivity (Wildman–Crippen MR) is 157 cm³/mol. The van der Waals surface area contributed by atoms with Gasteiger partial charge >= 0.3 is 0 Å². The summed E-state index contributed by atoms with van der Waals surface area (Å²) >= 11 is 1.63. The molecule has 0 saturated heterocycles. The second kappa shape index (κ2) is 11.8. The molecule has 0 aliphatic carbocycles. The molecular formula is C32H30N2O5S. The van der Waals surface area contributed by atoms with E-state index in [1.54, 1.807) is 60.1 Å². The van der Waals surface area contributed by atoms with E-state index in [1.807, 2.05) is 60.9 Å². The molecule has 0 spiro atoms. The number of amides is 2. The highest BCUT2D eigenvalue weighted by Crippen LogP contribution is 2.46. The number of benzene rings is 4. The van der Waals surface area contributed by atoms with Crippen LogP contribution in [-0.4, -0.2) is 44.2 Å². The van der Waals surface area contributed by atoms with Crippen LogP contribution in [0.25, 0.3) is 0 Å². The van der Waals surface area contributed by atoms with E-state index < -0.39 is 12.0 Å². The summed E-state index contributed by atoms with van der Waals surface area (Å²) < 4.78 is 16.9. The van der Waals surface area contributed by atoms with Gasteiger partial charge in [-0.1, -0.05) is 30.3 Å². The molecule has 1 aliphatic rings. The molecule has 2 unspecified atom stereocenters. The van der Waals surface area contributed by atoms with E-state index in [9.17, 15) is 9.59 Å². The number of rotatable bonds is 8. The van der Waals surface area contributed by atoms with Crippen molar-refractivity contribution in [3.8, 4) is 23.0 Å². The highest BCUT2D eigenvalue weighted by molar-refractivity contribution is 7.98. The Kier molecular flexibility index (Phi) is 7.98. The van der Waals surface area contributed by atoms with Gasteiger partial charge < -0.3 is 24.4 Å². The summed E-state index contributed by atoms with van der Waals surface area (Å²) in [6.07, 6.45) is 2.01. The molecule has 1 heterocycles. The Morgan fingerprint density at radius 1 is 0.850 bits per heavy atom. The minimum atomic E-state index is -0.710. The van der Waals surface area contributed by atoms with Crippen LogP contribution in [0.4, 0.5) is 5.69 Å². The van der Waals surface area contributed by atoms with Crippen molar-refractivity contribution in [2.24, 2.45) is 0 Å². The second-order valence-electron chi connectivity index (χ2n) is 9.33. The quantitative estimate of drug-likeness (QED) is 0.242. The lowest BCUT2D eigenvalue weighted by Crippen LogP contribution is -2.44. The fourth-order valence-electron chi connectivity index (χ4n) is 5.00. The first kappa shape index (κ1) is 27.1. The first-order chi connectivity index (χ1) is 19.4. The zero-order chi connectivity index (χ0) is 28.2. The Hall–Kier alpha value is -4.43. The molecular weight excluding hydrogens is 524 g/mol. The van der Waals surface area contributed by atoms with Gasteiger partial charge in [0.2, 0.25) is 5.91 Å². The van der Waals surface area contributed by atoms with Gasteiger partial charge in [0.1, 0.15) is 11.5 Å². The Morgan fingerprint density at radius 3 is 2.10 bits per heavy atom. The van der Waals surface area contributed by atoms with Crippen LogP contribution >= 0.6 is 11.8 Å². The number of para-hydroxylation sites is 1. The van der Waals surface area contributed by atoms with Crippen molar-refractivity contribution in [2.75, 3.05) is 32.8 Å². The molecule has 4 aromatic carbocycles. The van der Waals surface area contributed by atoms with Crippen molar-refractivity contribution >= 4 is 29.3 Å². The maximum Gasteiger partial charge on any atom is 0.254 e. The van der Waals surface area contributed by atoms with Gasteiger partial charge in [-0.15, -0.1) is 11.8 Å². The fraction of sp³-hybridized carbons (Fsp3) is 0.188. The van der Waals surface area contributed by atoms with Crippen LogP contribution in [0, 0.1) is 0 Å². The Labute approximate surface area is 238 Å². The number of carbonyl (C=O) groups excluding carboxylic acids is 2. The standard InChI is InChI=1S/C32H30N2O5S/c1-34-30(20-10-16-24(40-4)17-11-20)29(25-18-27(37-2)28(38-3)19-26(25)32(34)36)31(35)33-21-12-14-23(15-13-21)39-22-8-6-5-7-9-22/h5-19,29-30H,1-4H3,(H,33,35). The molecule has 0 radical (unpaired) electrons. The number of fused-ring (bicyclic) bond motifs is 1. The molecule has 0 fully saturated rings. The van der Waals surface area contributed by atoms with Crippen molar-refractivity contribution < 1.29 is 23.8 Å². The predicted octanol–water partition coefficient (Wildman–Crippen LogP) is 6.77. The zero-order valence-corrected chi connectivity index (χ0v) is 23.5. The number of hydrogen-bond donors (Lipinski definition) is 1. The van der Waals surface area contributed by atoms with Crippen LogP contribution in [0.2, 0.25) is 0 Å². The van der Waals surface area contributed by atoms with Gasteiger partial charge in [0, 0.05) is 23.2 Å². The lowest BCUT2D eigenvalue weighted by atomic mass is 9.79. The van der Waals surface area contributed by atoms with Crippen LogP contribution < -0.4 is 19.5 Å². The number of hydrogen-bond acceptors (Lipinski definition) is 6. The SMILES string of the molecule is COc1cc2c(cc1OC)C(C(=O)Nc1ccc(Oc3ccccc3)cc1)C(c1ccc(SC)cc1)N(C)C2=O. The fourth-order valence-corrected chi connectivity index (χ4v) is 5.41. The molecule has 0 bridgehead atoms. The number of nitrogens with one attached hydrogen (secondary N) is 1. The maximum absolute atomic E-state index is 14.1. The molecule has 1 aliphatic heterocycles. The monoisotopic (exact) mass is 554 g/mol. The van der Waals surface area contributed by atoms with Gasteiger partial charge in [-0.25, -0.2) is 0 Å². The third-order valence-electron chi connectivity index (χ3n) is 7.02. The van der Waals surface area contributed by atoms with E-state index in [0.717, 1.165) is 16.2 Å². The summed E-state index contributed by atoms with van der Waals surface area (Å²) in [5, 5.41) is 3.06. The Morgan fingerprint density at radius 2 is 1.48 bits per heavy atom. The first-order valence-corrected chi connectivity index (χ1v) is 14.0. The molecule has 2 amide bonds. The van der Waals surface area contributed by atoms with Crippen molar-refractivity contribution in [1.82, 2.24) is 4.90 Å². The van der Waals surface area contributed by atoms with E-state index in [2.05, 4.69) is 5.32 Å². The molecule has 40 heavy (non-hydrogen) atoms. The number of likely N-dealkylation sites (N-methyl/N-ethyl adjacent to an activating group) is 1. The number of nitrogens with zero attached hydrogens (tertiary/aromatic N) is 1. The second-order valence-corrected chi connectivity index (χ2v) is 10.2. The maximum atomic E-state index is 14.1. The average Bonchev–Trinajstić information content (AvgIpc) is 2.99. The van der Waals surface area contributed by atoms with Gasteiger partial charge in [0.15, 0.2) is 11.5 Å². The lowest BCUT2D eigenvalue weighted by molar-refractivity contribution is -0.119. The lowest BCUT2D eigenvalue weighted by Gasteiger charge is -2.40. The largest absolute Gasteiger partial charge is 0.493 e. The van der Waals surface area contributed by atoms with Gasteiger partial charge in [-0.05, 0) is 78.0 Å². The molecule has 0 aromatic heterocycles. The van der Waals surface area contributed by atoms with Crippen LogP contribution in [0.5, 0.6) is 23.0 Å².